The first-order valence-electron chi connectivity index (χ1n) is 6.18. The minimum Gasteiger partial charge on any atom is -0.507 e. The zero-order valence-corrected chi connectivity index (χ0v) is 13.0. The molecule has 2 aromatic rings. The quantitative estimate of drug-likeness (QED) is 0.427. The van der Waals surface area contributed by atoms with Crippen molar-refractivity contribution in [3.8, 4) is 11.5 Å². The molecule has 0 unspecified atom stereocenters. The van der Waals surface area contributed by atoms with E-state index in [0.717, 1.165) is 22.8 Å². The first-order valence-corrected chi connectivity index (χ1v) is 6.97. The molecule has 0 aliphatic rings. The van der Waals surface area contributed by atoms with Crippen LogP contribution in [0.4, 0.5) is 5.69 Å². The van der Waals surface area contributed by atoms with E-state index in [1.807, 2.05) is 0 Å². The largest absolute Gasteiger partial charge is 0.507 e. The van der Waals surface area contributed by atoms with Gasteiger partial charge in [-0.3, -0.25) is 14.9 Å². The third-order valence-electron chi connectivity index (χ3n) is 2.80. The molecule has 23 heavy (non-hydrogen) atoms. The van der Waals surface area contributed by atoms with Crippen LogP contribution in [0.15, 0.2) is 46.0 Å². The van der Waals surface area contributed by atoms with E-state index in [4.69, 9.17) is 0 Å². The van der Waals surface area contributed by atoms with Gasteiger partial charge >= 0.3 is 5.69 Å². The second-order valence-corrected chi connectivity index (χ2v) is 5.28. The van der Waals surface area contributed by atoms with Gasteiger partial charge in [-0.2, -0.15) is 5.10 Å². The summed E-state index contributed by atoms with van der Waals surface area (Å²) in [6.07, 6.45) is 1.04. The first kappa shape index (κ1) is 16.4. The van der Waals surface area contributed by atoms with Crippen molar-refractivity contribution in [3.63, 3.8) is 0 Å². The van der Waals surface area contributed by atoms with Gasteiger partial charge in [0.15, 0.2) is 5.75 Å². The Kier molecular flexibility index (Phi) is 4.91. The van der Waals surface area contributed by atoms with Gasteiger partial charge in [-0.05, 0) is 24.3 Å². The second kappa shape index (κ2) is 6.88. The third kappa shape index (κ3) is 4.04. The van der Waals surface area contributed by atoms with Crippen molar-refractivity contribution in [2.75, 3.05) is 0 Å². The minimum absolute atomic E-state index is 0.0226. The normalized spacial score (nSPS) is 10.7. The number of hydrogen-bond donors (Lipinski definition) is 3. The number of nitro groups is 1. The average Bonchev–Trinajstić information content (AvgIpc) is 2.49. The van der Waals surface area contributed by atoms with Crippen LogP contribution in [0.5, 0.6) is 11.5 Å². The Hall–Kier alpha value is -2.94. The van der Waals surface area contributed by atoms with Crippen molar-refractivity contribution < 1.29 is 19.9 Å². The van der Waals surface area contributed by atoms with Gasteiger partial charge in [0.2, 0.25) is 0 Å². The molecule has 0 atom stereocenters. The number of phenolic OH excluding ortho intramolecular Hbond substituents is 2. The summed E-state index contributed by atoms with van der Waals surface area (Å²) in [5, 5.41) is 33.3. The number of nitrogens with zero attached hydrogens (tertiary/aromatic N) is 2. The summed E-state index contributed by atoms with van der Waals surface area (Å²) in [7, 11) is 0. The Morgan fingerprint density at radius 2 is 1.87 bits per heavy atom. The van der Waals surface area contributed by atoms with E-state index in [0.29, 0.717) is 5.56 Å². The molecule has 0 saturated carbocycles. The third-order valence-corrected chi connectivity index (χ3v) is 3.33. The maximum atomic E-state index is 11.8. The van der Waals surface area contributed by atoms with Crippen molar-refractivity contribution in [3.05, 3.63) is 62.1 Å². The van der Waals surface area contributed by atoms with Gasteiger partial charge < -0.3 is 10.2 Å². The Balaban J connectivity index is 2.14. The van der Waals surface area contributed by atoms with Crippen LogP contribution in [0.25, 0.3) is 0 Å². The summed E-state index contributed by atoms with van der Waals surface area (Å²) in [6.45, 7) is 0. The molecule has 3 N–H and O–H groups in total. The summed E-state index contributed by atoms with van der Waals surface area (Å²) in [6, 6.07) is 8.31. The lowest BCUT2D eigenvalue weighted by atomic mass is 10.2. The van der Waals surface area contributed by atoms with E-state index < -0.39 is 28.0 Å². The van der Waals surface area contributed by atoms with Gasteiger partial charge in [-0.1, -0.05) is 15.9 Å². The summed E-state index contributed by atoms with van der Waals surface area (Å²) in [5.41, 5.74) is 1.99. The monoisotopic (exact) mass is 379 g/mol. The molecule has 0 saturated heterocycles. The number of halogens is 1. The number of hydrazone groups is 1. The predicted molar refractivity (Wildman–Crippen MR) is 85.6 cm³/mol. The number of nitro benzene ring substituents is 1. The van der Waals surface area contributed by atoms with Gasteiger partial charge in [-0.25, -0.2) is 5.43 Å². The number of hydrogen-bond acceptors (Lipinski definition) is 6. The van der Waals surface area contributed by atoms with Crippen LogP contribution in [0.1, 0.15) is 15.9 Å². The smallest absolute Gasteiger partial charge is 0.311 e. The van der Waals surface area contributed by atoms with E-state index in [1.54, 1.807) is 24.3 Å². The average molecular weight is 380 g/mol. The summed E-state index contributed by atoms with van der Waals surface area (Å²) < 4.78 is 0.818. The molecule has 0 fully saturated rings. The zero-order valence-electron chi connectivity index (χ0n) is 11.4. The fraction of sp³-hybridized carbons (Fsp3) is 0. The number of phenols is 2. The van der Waals surface area contributed by atoms with Gasteiger partial charge in [-0.15, -0.1) is 0 Å². The fourth-order valence-corrected chi connectivity index (χ4v) is 1.92. The molecule has 0 aromatic heterocycles. The van der Waals surface area contributed by atoms with E-state index in [-0.39, 0.29) is 5.56 Å². The first-order chi connectivity index (χ1) is 10.9. The Morgan fingerprint density at radius 3 is 2.48 bits per heavy atom. The van der Waals surface area contributed by atoms with Crippen LogP contribution < -0.4 is 5.43 Å². The van der Waals surface area contributed by atoms with Gasteiger partial charge in [0.1, 0.15) is 5.75 Å². The number of aromatic hydroxyl groups is 2. The number of amides is 1. The second-order valence-electron chi connectivity index (χ2n) is 4.36. The molecule has 0 radical (unpaired) electrons. The van der Waals surface area contributed by atoms with Crippen LogP contribution in [0, 0.1) is 10.1 Å². The highest BCUT2D eigenvalue weighted by molar-refractivity contribution is 9.10. The SMILES string of the molecule is O=C(N/N=C\c1cc([N+](=O)[O-])c(O)cc1O)c1ccc(Br)cc1. The van der Waals surface area contributed by atoms with Crippen molar-refractivity contribution in [2.24, 2.45) is 5.10 Å². The Labute approximate surface area is 138 Å². The number of benzene rings is 2. The maximum Gasteiger partial charge on any atom is 0.311 e. The van der Waals surface area contributed by atoms with Crippen molar-refractivity contribution in [1.29, 1.82) is 0 Å². The standard InChI is InChI=1S/C14H10BrN3O5/c15-10-3-1-8(2-4-10)14(21)17-16-7-9-5-11(18(22)23)13(20)6-12(9)19/h1-7,19-20H,(H,17,21)/b16-7-. The van der Waals surface area contributed by atoms with Crippen LogP contribution in [-0.2, 0) is 0 Å². The molecule has 118 valence electrons. The Bertz CT molecular complexity index is 790. The number of rotatable bonds is 4. The van der Waals surface area contributed by atoms with Gasteiger partial charge in [0.05, 0.1) is 11.1 Å². The molecule has 0 bridgehead atoms. The fourth-order valence-electron chi connectivity index (χ4n) is 1.66. The molecule has 2 aromatic carbocycles. The van der Waals surface area contributed by atoms with Crippen molar-refractivity contribution in [2.45, 2.75) is 0 Å². The van der Waals surface area contributed by atoms with E-state index in [9.17, 15) is 25.1 Å². The molecule has 0 spiro atoms. The van der Waals surface area contributed by atoms with Crippen LogP contribution in [-0.4, -0.2) is 27.3 Å². The lowest BCUT2D eigenvalue weighted by Crippen LogP contribution is -2.17. The van der Waals surface area contributed by atoms with Gasteiger partial charge in [0.25, 0.3) is 5.91 Å². The minimum atomic E-state index is -0.799. The highest BCUT2D eigenvalue weighted by Gasteiger charge is 2.16. The molecule has 0 heterocycles. The predicted octanol–water partition coefficient (Wildman–Crippen LogP) is 2.53. The molecule has 2 rings (SSSR count). The highest BCUT2D eigenvalue weighted by atomic mass is 79.9. The van der Waals surface area contributed by atoms with Crippen LogP contribution in [0.3, 0.4) is 0 Å². The van der Waals surface area contributed by atoms with Crippen LogP contribution >= 0.6 is 15.9 Å². The van der Waals surface area contributed by atoms with E-state index in [2.05, 4.69) is 26.5 Å². The number of nitrogens with one attached hydrogen (secondary N) is 1. The van der Waals surface area contributed by atoms with Gasteiger partial charge in [0, 0.05) is 27.7 Å². The van der Waals surface area contributed by atoms with E-state index in [1.165, 1.54) is 0 Å². The maximum absolute atomic E-state index is 11.8. The van der Waals surface area contributed by atoms with E-state index >= 15 is 0 Å². The topological polar surface area (TPSA) is 125 Å². The molecule has 9 heteroatoms. The summed E-state index contributed by atoms with van der Waals surface area (Å²) >= 11 is 3.25. The van der Waals surface area contributed by atoms with Crippen molar-refractivity contribution >= 4 is 33.7 Å². The molecule has 0 aliphatic heterocycles. The molecular weight excluding hydrogens is 370 g/mol. The van der Waals surface area contributed by atoms with Crippen molar-refractivity contribution in [1.82, 2.24) is 5.43 Å². The molecule has 0 aliphatic carbocycles. The molecular formula is C14H10BrN3O5. The number of carbonyl (C=O) groups is 1. The van der Waals surface area contributed by atoms with Crippen LogP contribution in [0.2, 0.25) is 0 Å². The summed E-state index contributed by atoms with van der Waals surface area (Å²) in [4.78, 5) is 21.7. The molecule has 1 amide bonds. The Morgan fingerprint density at radius 1 is 1.22 bits per heavy atom. The lowest BCUT2D eigenvalue weighted by molar-refractivity contribution is -0.385. The molecule has 8 nitrogen and oxygen atoms in total. The zero-order chi connectivity index (χ0) is 17.0. The lowest BCUT2D eigenvalue weighted by Gasteiger charge is -2.02. The highest BCUT2D eigenvalue weighted by Crippen LogP contribution is 2.31. The number of carbonyl (C=O) groups excluding carboxylic acids is 1. The summed E-state index contributed by atoms with van der Waals surface area (Å²) in [5.74, 6) is -1.56.